The van der Waals surface area contributed by atoms with Crippen molar-refractivity contribution in [3.05, 3.63) is 41.0 Å². The molecule has 0 spiro atoms. The maximum absolute atomic E-state index is 11.8. The summed E-state index contributed by atoms with van der Waals surface area (Å²) in [6, 6.07) is 3.72. The van der Waals surface area contributed by atoms with Gasteiger partial charge in [0.25, 0.3) is 0 Å². The van der Waals surface area contributed by atoms with Crippen molar-refractivity contribution in [1.29, 1.82) is 0 Å². The second-order valence-electron chi connectivity index (χ2n) is 5.36. The number of aromatic nitrogens is 2. The van der Waals surface area contributed by atoms with Crippen LogP contribution in [-0.2, 0) is 11.2 Å². The normalized spacial score (nSPS) is 9.96. The predicted molar refractivity (Wildman–Crippen MR) is 89.6 cm³/mol. The van der Waals surface area contributed by atoms with Crippen LogP contribution in [0.5, 0.6) is 5.75 Å². The van der Waals surface area contributed by atoms with E-state index in [-0.39, 0.29) is 12.5 Å². The zero-order valence-electron chi connectivity index (χ0n) is 14.2. The molecule has 0 aliphatic carbocycles. The molecule has 2 heterocycles. The Hall–Kier alpha value is -2.81. The number of hydrogen-bond acceptors (Lipinski definition) is 5. The van der Waals surface area contributed by atoms with E-state index in [1.165, 1.54) is 0 Å². The number of amides is 1. The predicted octanol–water partition coefficient (Wildman–Crippen LogP) is 2.13. The Balaban J connectivity index is 1.63. The van der Waals surface area contributed by atoms with Gasteiger partial charge in [0.1, 0.15) is 18.1 Å². The topological polar surface area (TPSA) is 77.2 Å². The zero-order valence-corrected chi connectivity index (χ0v) is 14.2. The molecule has 0 atom stereocenters. The van der Waals surface area contributed by atoms with Gasteiger partial charge in [-0.3, -0.25) is 9.78 Å². The summed E-state index contributed by atoms with van der Waals surface area (Å²) in [7, 11) is 0. The summed E-state index contributed by atoms with van der Waals surface area (Å²) in [6.45, 7) is 6.20. The molecular formula is C18H21N3O3. The van der Waals surface area contributed by atoms with E-state index in [0.717, 1.165) is 22.7 Å². The van der Waals surface area contributed by atoms with Gasteiger partial charge in [-0.2, -0.15) is 0 Å². The third-order valence-electron chi connectivity index (χ3n) is 3.48. The molecule has 1 N–H and O–H groups in total. The van der Waals surface area contributed by atoms with Crippen LogP contribution in [0.1, 0.15) is 29.1 Å². The van der Waals surface area contributed by atoms with Gasteiger partial charge < -0.3 is 14.6 Å². The fraction of sp³-hybridized carbons (Fsp3) is 0.389. The lowest BCUT2D eigenvalue weighted by molar-refractivity contribution is -0.120. The van der Waals surface area contributed by atoms with Crippen LogP contribution in [0, 0.1) is 32.6 Å². The van der Waals surface area contributed by atoms with Crippen molar-refractivity contribution in [3.63, 3.8) is 0 Å². The van der Waals surface area contributed by atoms with Crippen LogP contribution in [-0.4, -0.2) is 29.2 Å². The van der Waals surface area contributed by atoms with Crippen molar-refractivity contribution in [2.45, 2.75) is 33.6 Å². The molecule has 0 aliphatic rings. The van der Waals surface area contributed by atoms with Crippen molar-refractivity contribution in [2.24, 2.45) is 0 Å². The minimum Gasteiger partial charge on any atom is -0.479 e. The molecule has 0 saturated heterocycles. The third-order valence-corrected chi connectivity index (χ3v) is 3.48. The number of rotatable bonds is 6. The van der Waals surface area contributed by atoms with Crippen LogP contribution in [0.2, 0.25) is 0 Å². The highest BCUT2D eigenvalue weighted by atomic mass is 16.5. The minimum atomic E-state index is -0.0482. The highest BCUT2D eigenvalue weighted by Crippen LogP contribution is 2.14. The Labute approximate surface area is 141 Å². The molecular weight excluding hydrogens is 306 g/mol. The van der Waals surface area contributed by atoms with Crippen molar-refractivity contribution in [2.75, 3.05) is 13.2 Å². The van der Waals surface area contributed by atoms with Crippen LogP contribution < -0.4 is 10.1 Å². The second-order valence-corrected chi connectivity index (χ2v) is 5.36. The Morgan fingerprint density at radius 3 is 2.79 bits per heavy atom. The summed E-state index contributed by atoms with van der Waals surface area (Å²) in [5.41, 5.74) is 2.77. The monoisotopic (exact) mass is 327 g/mol. The van der Waals surface area contributed by atoms with Crippen LogP contribution in [0.15, 0.2) is 22.9 Å². The number of nitrogens with one attached hydrogen (secondary N) is 1. The van der Waals surface area contributed by atoms with Gasteiger partial charge in [0.2, 0.25) is 5.91 Å². The molecule has 2 aromatic heterocycles. The van der Waals surface area contributed by atoms with Gasteiger partial charge in [-0.15, -0.1) is 0 Å². The molecule has 6 nitrogen and oxygen atoms in total. The summed E-state index contributed by atoms with van der Waals surface area (Å²) in [5, 5.41) is 6.63. The number of carbonyl (C=O) groups is 1. The smallest absolute Gasteiger partial charge is 0.221 e. The van der Waals surface area contributed by atoms with Gasteiger partial charge in [0.15, 0.2) is 0 Å². The first-order chi connectivity index (χ1) is 11.6. The number of ether oxygens (including phenoxy) is 1. The standard InChI is InChI=1S/C18H21N3O3/c1-13-6-7-16(12-20-13)23-11-5-4-10-19-18(22)9-8-17-14(2)21-24-15(17)3/h6-7,12H,8-11H2,1-3H3,(H,19,22). The van der Waals surface area contributed by atoms with E-state index in [2.05, 4.69) is 27.3 Å². The van der Waals surface area contributed by atoms with E-state index in [4.69, 9.17) is 9.26 Å². The van der Waals surface area contributed by atoms with E-state index in [1.54, 1.807) is 6.20 Å². The number of nitrogens with zero attached hydrogens (tertiary/aromatic N) is 2. The van der Waals surface area contributed by atoms with Crippen LogP contribution in [0.4, 0.5) is 0 Å². The Morgan fingerprint density at radius 1 is 1.29 bits per heavy atom. The second kappa shape index (κ2) is 8.73. The van der Waals surface area contributed by atoms with Crippen molar-refractivity contribution in [1.82, 2.24) is 15.5 Å². The van der Waals surface area contributed by atoms with Crippen molar-refractivity contribution in [3.8, 4) is 17.6 Å². The number of carbonyl (C=O) groups excluding carboxylic acids is 1. The van der Waals surface area contributed by atoms with E-state index in [1.807, 2.05) is 32.9 Å². The van der Waals surface area contributed by atoms with Gasteiger partial charge in [-0.25, -0.2) is 0 Å². The minimum absolute atomic E-state index is 0.0482. The Morgan fingerprint density at radius 2 is 2.12 bits per heavy atom. The van der Waals surface area contributed by atoms with Crippen LogP contribution >= 0.6 is 0 Å². The van der Waals surface area contributed by atoms with Crippen molar-refractivity contribution >= 4 is 5.91 Å². The third kappa shape index (κ3) is 5.43. The quantitative estimate of drug-likeness (QED) is 0.823. The summed E-state index contributed by atoms with van der Waals surface area (Å²) in [5.74, 6) is 7.11. The molecule has 0 aliphatic heterocycles. The largest absolute Gasteiger partial charge is 0.479 e. The first-order valence-corrected chi connectivity index (χ1v) is 7.76. The number of hydrogen-bond donors (Lipinski definition) is 1. The maximum atomic E-state index is 11.8. The first-order valence-electron chi connectivity index (χ1n) is 7.76. The number of pyridine rings is 1. The summed E-state index contributed by atoms with van der Waals surface area (Å²) >= 11 is 0. The fourth-order valence-electron chi connectivity index (χ4n) is 2.10. The molecule has 0 aromatic carbocycles. The van der Waals surface area contributed by atoms with E-state index >= 15 is 0 Å². The molecule has 2 rings (SSSR count). The van der Waals surface area contributed by atoms with Gasteiger partial charge in [-0.1, -0.05) is 17.0 Å². The maximum Gasteiger partial charge on any atom is 0.221 e. The molecule has 24 heavy (non-hydrogen) atoms. The molecule has 1 amide bonds. The molecule has 0 radical (unpaired) electrons. The SMILES string of the molecule is Cc1ccc(OCC#CCNC(=O)CCc2c(C)noc2C)cn1. The number of aryl methyl sites for hydroxylation is 3. The average Bonchev–Trinajstić information content (AvgIpc) is 2.89. The summed E-state index contributed by atoms with van der Waals surface area (Å²) in [4.78, 5) is 15.9. The van der Waals surface area contributed by atoms with Crippen LogP contribution in [0.25, 0.3) is 0 Å². The van der Waals surface area contributed by atoms with Crippen LogP contribution in [0.3, 0.4) is 0 Å². The lowest BCUT2D eigenvalue weighted by atomic mass is 10.1. The zero-order chi connectivity index (χ0) is 17.4. The molecule has 2 aromatic rings. The Kier molecular flexibility index (Phi) is 6.38. The van der Waals surface area contributed by atoms with Crippen molar-refractivity contribution < 1.29 is 14.1 Å². The Bertz CT molecular complexity index is 720. The molecule has 0 bridgehead atoms. The van der Waals surface area contributed by atoms with E-state index < -0.39 is 0 Å². The highest BCUT2D eigenvalue weighted by Gasteiger charge is 2.10. The molecule has 0 fully saturated rings. The lowest BCUT2D eigenvalue weighted by Crippen LogP contribution is -2.24. The lowest BCUT2D eigenvalue weighted by Gasteiger charge is -2.02. The van der Waals surface area contributed by atoms with Gasteiger partial charge in [0, 0.05) is 17.7 Å². The summed E-state index contributed by atoms with van der Waals surface area (Å²) < 4.78 is 10.5. The van der Waals surface area contributed by atoms with Gasteiger partial charge >= 0.3 is 0 Å². The molecule has 6 heteroatoms. The molecule has 126 valence electrons. The molecule has 0 saturated carbocycles. The van der Waals surface area contributed by atoms with Gasteiger partial charge in [-0.05, 0) is 39.3 Å². The van der Waals surface area contributed by atoms with E-state index in [9.17, 15) is 4.79 Å². The van der Waals surface area contributed by atoms with E-state index in [0.29, 0.717) is 25.1 Å². The van der Waals surface area contributed by atoms with Gasteiger partial charge in [0.05, 0.1) is 18.4 Å². The fourth-order valence-corrected chi connectivity index (χ4v) is 2.10. The highest BCUT2D eigenvalue weighted by molar-refractivity contribution is 5.76. The summed E-state index contributed by atoms with van der Waals surface area (Å²) in [6.07, 6.45) is 2.66. The first kappa shape index (κ1) is 17.5. The molecule has 0 unspecified atom stereocenters. The average molecular weight is 327 g/mol.